The molecule has 0 saturated carbocycles. The first-order chi connectivity index (χ1) is 17.3. The van der Waals surface area contributed by atoms with Gasteiger partial charge in [0.1, 0.15) is 0 Å². The summed E-state index contributed by atoms with van der Waals surface area (Å²) in [6, 6.07) is 22.7. The smallest absolute Gasteiger partial charge is 0.374 e. The van der Waals surface area contributed by atoms with Gasteiger partial charge in [0.2, 0.25) is 0 Å². The first-order valence-corrected chi connectivity index (χ1v) is 11.8. The average Bonchev–Trinajstić information content (AvgIpc) is 3.48. The highest BCUT2D eigenvalue weighted by atomic mass is 35.5. The number of hydrogen-bond acceptors (Lipinski definition) is 3. The molecule has 4 nitrogen and oxygen atoms in total. The minimum atomic E-state index is -4.77. The van der Waals surface area contributed by atoms with Gasteiger partial charge in [0, 0.05) is 38.4 Å². The van der Waals surface area contributed by atoms with Gasteiger partial charge < -0.3 is 4.84 Å². The van der Waals surface area contributed by atoms with Crippen molar-refractivity contribution in [3.05, 3.63) is 106 Å². The molecule has 0 bridgehead atoms. The summed E-state index contributed by atoms with van der Waals surface area (Å²) in [6.45, 7) is 0. The van der Waals surface area contributed by atoms with Crippen molar-refractivity contribution in [2.75, 3.05) is 0 Å². The number of halogens is 5. The molecular weight excluding hydrogens is 510 g/mol. The van der Waals surface area contributed by atoms with E-state index in [0.717, 1.165) is 27.4 Å². The summed E-state index contributed by atoms with van der Waals surface area (Å²) in [6.07, 6.45) is -3.52. The molecule has 180 valence electrons. The quantitative estimate of drug-likeness (QED) is 0.239. The number of para-hydroxylation sites is 1. The summed E-state index contributed by atoms with van der Waals surface area (Å²) in [5.41, 5.74) is -0.448. The molecule has 0 spiro atoms. The van der Waals surface area contributed by atoms with Crippen LogP contribution in [0.15, 0.2) is 90.2 Å². The summed E-state index contributed by atoms with van der Waals surface area (Å²) in [5, 5.41) is 11.2. The van der Waals surface area contributed by atoms with Crippen LogP contribution in [0.4, 0.5) is 13.2 Å². The van der Waals surface area contributed by atoms with Crippen LogP contribution in [0.1, 0.15) is 17.5 Å². The average molecular weight is 526 g/mol. The monoisotopic (exact) mass is 525 g/mol. The van der Waals surface area contributed by atoms with Crippen molar-refractivity contribution in [3.63, 3.8) is 0 Å². The van der Waals surface area contributed by atoms with Crippen LogP contribution in [0.2, 0.25) is 10.0 Å². The summed E-state index contributed by atoms with van der Waals surface area (Å²) in [4.78, 5) is 5.21. The third kappa shape index (κ3) is 3.53. The van der Waals surface area contributed by atoms with E-state index in [4.69, 9.17) is 28.0 Å². The summed E-state index contributed by atoms with van der Waals surface area (Å²) >= 11 is 12.1. The minimum absolute atomic E-state index is 0.0828. The second-order valence-electron chi connectivity index (χ2n) is 8.58. The molecule has 1 unspecified atom stereocenters. The molecule has 0 fully saturated rings. The van der Waals surface area contributed by atoms with Crippen molar-refractivity contribution in [2.45, 2.75) is 18.2 Å². The fraction of sp³-hybridized carbons (Fsp3) is 0.111. The maximum atomic E-state index is 14.5. The van der Waals surface area contributed by atoms with Gasteiger partial charge in [-0.15, -0.1) is 0 Å². The van der Waals surface area contributed by atoms with E-state index in [2.05, 4.69) is 10.3 Å². The van der Waals surface area contributed by atoms with Gasteiger partial charge in [0.25, 0.3) is 5.60 Å². The molecule has 9 heteroatoms. The van der Waals surface area contributed by atoms with Crippen LogP contribution in [-0.2, 0) is 10.4 Å². The molecule has 0 radical (unpaired) electrons. The van der Waals surface area contributed by atoms with Crippen LogP contribution in [0.5, 0.6) is 0 Å². The van der Waals surface area contributed by atoms with Crippen molar-refractivity contribution in [1.29, 1.82) is 0 Å². The van der Waals surface area contributed by atoms with Gasteiger partial charge in [0.05, 0.1) is 23.1 Å². The lowest BCUT2D eigenvalue weighted by Gasteiger charge is -2.29. The van der Waals surface area contributed by atoms with Crippen molar-refractivity contribution in [1.82, 2.24) is 9.78 Å². The first kappa shape index (κ1) is 22.9. The van der Waals surface area contributed by atoms with E-state index in [0.29, 0.717) is 5.56 Å². The third-order valence-corrected chi connectivity index (χ3v) is 6.87. The number of alkyl halides is 3. The zero-order valence-electron chi connectivity index (χ0n) is 18.4. The highest BCUT2D eigenvalue weighted by Gasteiger charge is 2.62. The van der Waals surface area contributed by atoms with Crippen LogP contribution >= 0.6 is 23.2 Å². The molecule has 0 saturated heterocycles. The topological polar surface area (TPSA) is 39.4 Å². The van der Waals surface area contributed by atoms with Gasteiger partial charge in [0.15, 0.2) is 0 Å². The maximum absolute atomic E-state index is 14.5. The van der Waals surface area contributed by atoms with Crippen molar-refractivity contribution in [3.8, 4) is 5.69 Å². The number of aromatic nitrogens is 2. The van der Waals surface area contributed by atoms with E-state index < -0.39 is 18.2 Å². The predicted molar refractivity (Wildman–Crippen MR) is 135 cm³/mol. The molecule has 0 N–H and O–H groups in total. The van der Waals surface area contributed by atoms with Crippen molar-refractivity contribution < 1.29 is 18.0 Å². The Hall–Kier alpha value is -3.55. The largest absolute Gasteiger partial charge is 0.435 e. The van der Waals surface area contributed by atoms with Crippen molar-refractivity contribution >= 4 is 50.6 Å². The molecule has 1 aliphatic heterocycles. The lowest BCUT2D eigenvalue weighted by Crippen LogP contribution is -2.42. The van der Waals surface area contributed by atoms with Crippen LogP contribution in [-0.4, -0.2) is 21.7 Å². The standard InChI is InChI=1S/C27H16Cl2F3N3O/c28-18-11-17(12-19(29)13-18)26(27(30,31)32)14-23(34-36-26)21-9-10-25(22-7-3-2-6-20(21)22)35-24-8-4-1-5-16(24)15-33-35/h1-13,15H,14H2. The van der Waals surface area contributed by atoms with E-state index in [9.17, 15) is 13.2 Å². The van der Waals surface area contributed by atoms with E-state index in [1.807, 2.05) is 59.3 Å². The Morgan fingerprint density at radius 2 is 1.56 bits per heavy atom. The minimum Gasteiger partial charge on any atom is -0.374 e. The number of nitrogens with zero attached hydrogens (tertiary/aromatic N) is 3. The summed E-state index contributed by atoms with van der Waals surface area (Å²) in [5.74, 6) is 0. The van der Waals surface area contributed by atoms with E-state index in [-0.39, 0.29) is 21.3 Å². The number of benzene rings is 4. The molecule has 1 atom stereocenters. The van der Waals surface area contributed by atoms with E-state index >= 15 is 0 Å². The Kier molecular flexibility index (Phi) is 5.24. The third-order valence-electron chi connectivity index (χ3n) is 6.43. The number of hydrogen-bond donors (Lipinski definition) is 0. The number of rotatable bonds is 3. The maximum Gasteiger partial charge on any atom is 0.435 e. The Morgan fingerprint density at radius 1 is 0.861 bits per heavy atom. The highest BCUT2D eigenvalue weighted by Crippen LogP contribution is 2.50. The van der Waals surface area contributed by atoms with Crippen LogP contribution < -0.4 is 0 Å². The summed E-state index contributed by atoms with van der Waals surface area (Å²) < 4.78 is 45.2. The second-order valence-corrected chi connectivity index (χ2v) is 9.45. The molecule has 1 aromatic heterocycles. The molecule has 2 heterocycles. The molecule has 6 rings (SSSR count). The SMILES string of the molecule is FC(F)(F)C1(c2cc(Cl)cc(Cl)c2)CC(c2ccc(-n3ncc4ccccc43)c3ccccc23)=NO1. The van der Waals surface area contributed by atoms with Gasteiger partial charge in [-0.1, -0.05) is 76.9 Å². The van der Waals surface area contributed by atoms with Gasteiger partial charge >= 0.3 is 6.18 Å². The molecule has 1 aliphatic rings. The fourth-order valence-corrected chi connectivity index (χ4v) is 5.24. The second kappa shape index (κ2) is 8.25. The van der Waals surface area contributed by atoms with Gasteiger partial charge in [-0.05, 0) is 35.7 Å². The molecular formula is C27H16Cl2F3N3O. The van der Waals surface area contributed by atoms with Gasteiger partial charge in [-0.25, -0.2) is 4.68 Å². The molecule has 0 aliphatic carbocycles. The molecule has 4 aromatic carbocycles. The molecule has 0 amide bonds. The Labute approximate surface area is 213 Å². The fourth-order valence-electron chi connectivity index (χ4n) is 4.72. The highest BCUT2D eigenvalue weighted by molar-refractivity contribution is 6.34. The zero-order chi connectivity index (χ0) is 25.1. The lowest BCUT2D eigenvalue weighted by atomic mass is 9.85. The molecule has 5 aromatic rings. The Morgan fingerprint density at radius 3 is 2.31 bits per heavy atom. The van der Waals surface area contributed by atoms with Crippen molar-refractivity contribution in [2.24, 2.45) is 5.16 Å². The zero-order valence-corrected chi connectivity index (χ0v) is 19.9. The van der Waals surface area contributed by atoms with E-state index in [1.165, 1.54) is 18.2 Å². The molecule has 36 heavy (non-hydrogen) atoms. The lowest BCUT2D eigenvalue weighted by molar-refractivity contribution is -0.275. The first-order valence-electron chi connectivity index (χ1n) is 11.0. The van der Waals surface area contributed by atoms with Crippen LogP contribution in [0, 0.1) is 0 Å². The normalized spacial score (nSPS) is 18.0. The van der Waals surface area contributed by atoms with Gasteiger partial charge in [-0.2, -0.15) is 18.3 Å². The summed E-state index contributed by atoms with van der Waals surface area (Å²) in [7, 11) is 0. The van der Waals surface area contributed by atoms with Crippen LogP contribution in [0.25, 0.3) is 27.4 Å². The van der Waals surface area contributed by atoms with Crippen LogP contribution in [0.3, 0.4) is 0 Å². The van der Waals surface area contributed by atoms with E-state index in [1.54, 1.807) is 12.3 Å². The Balaban J connectivity index is 1.48. The Bertz CT molecular complexity index is 1660. The number of oxime groups is 1. The predicted octanol–water partition coefficient (Wildman–Crippen LogP) is 8.07. The number of fused-ring (bicyclic) bond motifs is 2. The van der Waals surface area contributed by atoms with Gasteiger partial charge in [-0.3, -0.25) is 0 Å².